The lowest BCUT2D eigenvalue weighted by molar-refractivity contribution is -0.384. The molecule has 0 unspecified atom stereocenters. The van der Waals surface area contributed by atoms with Gasteiger partial charge in [-0.05, 0) is 12.1 Å². The van der Waals surface area contributed by atoms with Gasteiger partial charge in [-0.25, -0.2) is 0 Å². The number of halogens is 4. The van der Waals surface area contributed by atoms with Gasteiger partial charge < -0.3 is 22.6 Å². The summed E-state index contributed by atoms with van der Waals surface area (Å²) in [6, 6.07) is 2.65. The molecule has 2 rings (SSSR count). The Hall–Kier alpha value is -1.54. The van der Waals surface area contributed by atoms with Gasteiger partial charge in [0.1, 0.15) is 5.69 Å². The molecule has 20 heavy (non-hydrogen) atoms. The quantitative estimate of drug-likeness (QED) is 0.564. The van der Waals surface area contributed by atoms with Crippen molar-refractivity contribution in [1.82, 2.24) is 5.32 Å². The first-order valence-corrected chi connectivity index (χ1v) is 5.71. The number of alkyl halides is 3. The average molecular weight is 311 g/mol. The average Bonchev–Trinajstić information content (AvgIpc) is 2.38. The van der Waals surface area contributed by atoms with E-state index in [1.54, 1.807) is 4.90 Å². The monoisotopic (exact) mass is 310 g/mol. The second-order valence-electron chi connectivity index (χ2n) is 4.20. The van der Waals surface area contributed by atoms with Crippen LogP contribution in [0.3, 0.4) is 0 Å². The Morgan fingerprint density at radius 2 is 1.85 bits per heavy atom. The van der Waals surface area contributed by atoms with Crippen molar-refractivity contribution in [2.75, 3.05) is 31.1 Å². The van der Waals surface area contributed by atoms with Crippen molar-refractivity contribution in [2.45, 2.75) is 6.18 Å². The topological polar surface area (TPSA) is 58.4 Å². The number of piperazine rings is 1. The summed E-state index contributed by atoms with van der Waals surface area (Å²) in [4.78, 5) is 11.9. The Morgan fingerprint density at radius 3 is 2.35 bits per heavy atom. The van der Waals surface area contributed by atoms with E-state index in [0.717, 1.165) is 6.07 Å². The fourth-order valence-electron chi connectivity index (χ4n) is 2.02. The van der Waals surface area contributed by atoms with Gasteiger partial charge in [-0.2, -0.15) is 13.2 Å². The zero-order valence-electron chi connectivity index (χ0n) is 10.3. The maximum Gasteiger partial charge on any atom is 0.416 e. The molecule has 112 valence electrons. The van der Waals surface area contributed by atoms with Crippen molar-refractivity contribution in [1.29, 1.82) is 0 Å². The van der Waals surface area contributed by atoms with Gasteiger partial charge in [0.15, 0.2) is 0 Å². The van der Waals surface area contributed by atoms with Crippen LogP contribution in [0.4, 0.5) is 24.5 Å². The summed E-state index contributed by atoms with van der Waals surface area (Å²) in [6.07, 6.45) is -4.58. The van der Waals surface area contributed by atoms with Crippen LogP contribution in [-0.2, 0) is 6.18 Å². The number of nitrogens with zero attached hydrogens (tertiary/aromatic N) is 2. The lowest BCUT2D eigenvalue weighted by Crippen LogP contribution is -3.00. The zero-order valence-corrected chi connectivity index (χ0v) is 11.0. The van der Waals surface area contributed by atoms with Crippen LogP contribution in [0.2, 0.25) is 0 Å². The normalized spacial score (nSPS) is 15.7. The molecule has 5 nitrogen and oxygen atoms in total. The van der Waals surface area contributed by atoms with E-state index < -0.39 is 22.4 Å². The van der Waals surface area contributed by atoms with Crippen LogP contribution < -0.4 is 22.6 Å². The molecule has 1 aliphatic heterocycles. The summed E-state index contributed by atoms with van der Waals surface area (Å²) in [5.41, 5.74) is -1.27. The van der Waals surface area contributed by atoms with Crippen molar-refractivity contribution in [2.24, 2.45) is 0 Å². The molecule has 0 amide bonds. The molecule has 0 spiro atoms. The lowest BCUT2D eigenvalue weighted by atomic mass is 10.1. The predicted molar refractivity (Wildman–Crippen MR) is 63.2 cm³/mol. The fraction of sp³-hybridized carbons (Fsp3) is 0.455. The van der Waals surface area contributed by atoms with E-state index in [9.17, 15) is 23.3 Å². The molecule has 1 saturated heterocycles. The third-order valence-electron chi connectivity index (χ3n) is 2.96. The van der Waals surface area contributed by atoms with Crippen LogP contribution in [0.1, 0.15) is 5.56 Å². The van der Waals surface area contributed by atoms with Crippen molar-refractivity contribution in [3.63, 3.8) is 0 Å². The first kappa shape index (κ1) is 16.5. The molecular formula is C11H12ClF3N3O2-. The Morgan fingerprint density at radius 1 is 1.25 bits per heavy atom. The Balaban J connectivity index is 0.00000200. The zero-order chi connectivity index (χ0) is 14.0. The van der Waals surface area contributed by atoms with Gasteiger partial charge >= 0.3 is 6.18 Å². The smallest absolute Gasteiger partial charge is 0.416 e. The Kier molecular flexibility index (Phi) is 5.18. The number of benzene rings is 1. The minimum Gasteiger partial charge on any atom is -1.00 e. The number of nitro groups is 1. The summed E-state index contributed by atoms with van der Waals surface area (Å²) in [7, 11) is 0. The molecule has 0 bridgehead atoms. The van der Waals surface area contributed by atoms with Crippen molar-refractivity contribution in [3.05, 3.63) is 33.9 Å². The molecule has 1 aliphatic rings. The van der Waals surface area contributed by atoms with Gasteiger partial charge in [0.05, 0.1) is 10.5 Å². The third kappa shape index (κ3) is 3.51. The highest BCUT2D eigenvalue weighted by atomic mass is 35.5. The predicted octanol–water partition coefficient (Wildman–Crippen LogP) is -0.973. The SMILES string of the molecule is O=[N+]([O-])c1cc(C(F)(F)F)ccc1N1CCNCC1.[Cl-]. The fourth-order valence-corrected chi connectivity index (χ4v) is 2.02. The second kappa shape index (κ2) is 6.27. The van der Waals surface area contributed by atoms with E-state index in [1.807, 2.05) is 0 Å². The molecule has 0 aliphatic carbocycles. The van der Waals surface area contributed by atoms with Crippen LogP contribution in [0.25, 0.3) is 0 Å². The summed E-state index contributed by atoms with van der Waals surface area (Å²) in [5, 5.41) is 14.0. The van der Waals surface area contributed by atoms with Crippen LogP contribution in [-0.4, -0.2) is 31.1 Å². The molecule has 1 fully saturated rings. The standard InChI is InChI=1S/C11H12F3N3O2.ClH/c12-11(13,14)8-1-2-9(10(7-8)17(18)19)16-5-3-15-4-6-16;/h1-2,7,15H,3-6H2;1H/p-1. The number of rotatable bonds is 2. The molecule has 0 atom stereocenters. The number of hydrogen-bond acceptors (Lipinski definition) is 4. The van der Waals surface area contributed by atoms with E-state index in [1.165, 1.54) is 6.07 Å². The molecule has 1 aromatic rings. The number of nitro benzene ring substituents is 1. The van der Waals surface area contributed by atoms with Gasteiger partial charge in [0.25, 0.3) is 5.69 Å². The van der Waals surface area contributed by atoms with Gasteiger partial charge in [-0.15, -0.1) is 0 Å². The molecule has 0 saturated carbocycles. The van der Waals surface area contributed by atoms with Gasteiger partial charge in [-0.1, -0.05) is 0 Å². The first-order chi connectivity index (χ1) is 8.89. The van der Waals surface area contributed by atoms with Crippen LogP contribution >= 0.6 is 0 Å². The van der Waals surface area contributed by atoms with Crippen molar-refractivity contribution in [3.8, 4) is 0 Å². The van der Waals surface area contributed by atoms with Crippen LogP contribution in [0.15, 0.2) is 18.2 Å². The van der Waals surface area contributed by atoms with Gasteiger partial charge in [-0.3, -0.25) is 10.1 Å². The Bertz CT molecular complexity index is 490. The number of nitrogens with one attached hydrogen (secondary N) is 1. The summed E-state index contributed by atoms with van der Waals surface area (Å²) in [5.74, 6) is 0. The lowest BCUT2D eigenvalue weighted by Gasteiger charge is -2.29. The summed E-state index contributed by atoms with van der Waals surface area (Å²) >= 11 is 0. The first-order valence-electron chi connectivity index (χ1n) is 5.71. The molecule has 1 heterocycles. The van der Waals surface area contributed by atoms with Crippen molar-refractivity contribution < 1.29 is 30.5 Å². The third-order valence-corrected chi connectivity index (χ3v) is 2.96. The van der Waals surface area contributed by atoms with Crippen LogP contribution in [0.5, 0.6) is 0 Å². The van der Waals surface area contributed by atoms with Gasteiger partial charge in [0, 0.05) is 32.2 Å². The molecule has 0 aromatic heterocycles. The van der Waals surface area contributed by atoms with E-state index in [0.29, 0.717) is 32.2 Å². The van der Waals surface area contributed by atoms with Gasteiger partial charge in [0.2, 0.25) is 0 Å². The van der Waals surface area contributed by atoms with Crippen LogP contribution in [0, 0.1) is 10.1 Å². The highest BCUT2D eigenvalue weighted by Gasteiger charge is 2.33. The maximum atomic E-state index is 12.6. The minimum atomic E-state index is -4.58. The van der Waals surface area contributed by atoms with E-state index in [2.05, 4.69) is 5.32 Å². The Labute approximate surface area is 119 Å². The summed E-state index contributed by atoms with van der Waals surface area (Å²) < 4.78 is 37.7. The molecule has 9 heteroatoms. The molecule has 1 aromatic carbocycles. The maximum absolute atomic E-state index is 12.6. The highest BCUT2D eigenvalue weighted by molar-refractivity contribution is 5.65. The molecule has 1 N–H and O–H groups in total. The molecular weight excluding hydrogens is 299 g/mol. The number of hydrogen-bond donors (Lipinski definition) is 1. The summed E-state index contributed by atoms with van der Waals surface area (Å²) in [6.45, 7) is 2.37. The highest BCUT2D eigenvalue weighted by Crippen LogP contribution is 2.36. The largest absolute Gasteiger partial charge is 1.00 e. The van der Waals surface area contributed by atoms with Crippen molar-refractivity contribution >= 4 is 11.4 Å². The number of anilines is 1. The molecule has 0 radical (unpaired) electrons. The van der Waals surface area contributed by atoms with E-state index in [-0.39, 0.29) is 18.1 Å². The van der Waals surface area contributed by atoms with E-state index in [4.69, 9.17) is 0 Å². The minimum absolute atomic E-state index is 0. The second-order valence-corrected chi connectivity index (χ2v) is 4.20. The van der Waals surface area contributed by atoms with E-state index >= 15 is 0 Å².